The first-order valence-electron chi connectivity index (χ1n) is 6.68. The van der Waals surface area contributed by atoms with E-state index in [4.69, 9.17) is 0 Å². The van der Waals surface area contributed by atoms with E-state index in [0.717, 1.165) is 6.54 Å². The van der Waals surface area contributed by atoms with E-state index in [1.54, 1.807) is 0 Å². The molecule has 0 spiro atoms. The molecule has 0 radical (unpaired) electrons. The van der Waals surface area contributed by atoms with Crippen LogP contribution in [0.1, 0.15) is 32.4 Å². The Hall–Kier alpha value is -0.930. The molecule has 1 aliphatic heterocycles. The molecule has 96 valence electrons. The van der Waals surface area contributed by atoms with Gasteiger partial charge in [-0.25, -0.2) is 0 Å². The lowest BCUT2D eigenvalue weighted by Gasteiger charge is -2.31. The van der Waals surface area contributed by atoms with Gasteiger partial charge in [0.15, 0.2) is 0 Å². The van der Waals surface area contributed by atoms with Crippen LogP contribution in [0.3, 0.4) is 0 Å². The number of pyridine rings is 1. The summed E-state index contributed by atoms with van der Waals surface area (Å²) in [6.07, 6.45) is 4.38. The zero-order chi connectivity index (χ0) is 12.5. The van der Waals surface area contributed by atoms with Crippen LogP contribution >= 0.6 is 0 Å². The van der Waals surface area contributed by atoms with Gasteiger partial charge in [0.05, 0.1) is 5.69 Å². The molecule has 1 aromatic rings. The summed E-state index contributed by atoms with van der Waals surface area (Å²) in [5.74, 6) is 0. The van der Waals surface area contributed by atoms with Crippen molar-refractivity contribution in [1.82, 2.24) is 15.2 Å². The van der Waals surface area contributed by atoms with E-state index < -0.39 is 0 Å². The minimum Gasteiger partial charge on any atom is -0.317 e. The molecule has 2 rings (SSSR count). The normalized spacial score (nSPS) is 17.4. The fourth-order valence-corrected chi connectivity index (χ4v) is 2.10. The van der Waals surface area contributed by atoms with Gasteiger partial charge in [-0.15, -0.1) is 0 Å². The number of hydrogen-bond acceptors (Lipinski definition) is 3. The Morgan fingerprint density at radius 2 is 2.00 bits per heavy atom. The third-order valence-corrected chi connectivity index (χ3v) is 3.11. The Morgan fingerprint density at radius 1 is 1.29 bits per heavy atom. The molecule has 17 heavy (non-hydrogen) atoms. The third-order valence-electron chi connectivity index (χ3n) is 3.11. The van der Waals surface area contributed by atoms with Crippen molar-refractivity contribution < 1.29 is 0 Å². The average Bonchev–Trinajstić information content (AvgIpc) is 2.43. The van der Waals surface area contributed by atoms with Crippen molar-refractivity contribution in [3.8, 4) is 0 Å². The number of aromatic nitrogens is 1. The second-order valence-corrected chi connectivity index (χ2v) is 4.16. The quantitative estimate of drug-likeness (QED) is 0.871. The first-order chi connectivity index (χ1) is 8.38. The van der Waals surface area contributed by atoms with E-state index in [1.807, 2.05) is 26.1 Å². The molecule has 1 saturated heterocycles. The Bertz CT molecular complexity index is 279. The number of hydrogen-bond donors (Lipinski definition) is 1. The molecule has 3 nitrogen and oxygen atoms in total. The standard InChI is InChI=1S/C12H19N3.C2H6/c1-13-11-5-8-15(9-6-11)10-12-4-2-3-7-14-12;1-2/h2-4,7,11,13H,5-6,8-10H2,1H3;1-2H3. The maximum absolute atomic E-state index is 4.35. The Kier molecular flexibility index (Phi) is 6.82. The minimum absolute atomic E-state index is 0.713. The van der Waals surface area contributed by atoms with Crippen LogP contribution in [0, 0.1) is 0 Å². The predicted octanol–water partition coefficient (Wildman–Crippen LogP) is 2.29. The van der Waals surface area contributed by atoms with Gasteiger partial charge < -0.3 is 5.32 Å². The average molecular weight is 235 g/mol. The number of piperidine rings is 1. The second-order valence-electron chi connectivity index (χ2n) is 4.16. The topological polar surface area (TPSA) is 28.2 Å². The molecule has 1 aromatic heterocycles. The molecular formula is C14H25N3. The summed E-state index contributed by atoms with van der Waals surface area (Å²) in [5.41, 5.74) is 1.18. The fourth-order valence-electron chi connectivity index (χ4n) is 2.10. The number of likely N-dealkylation sites (tertiary alicyclic amines) is 1. The summed E-state index contributed by atoms with van der Waals surface area (Å²) in [6.45, 7) is 7.36. The number of rotatable bonds is 3. The minimum atomic E-state index is 0.713. The van der Waals surface area contributed by atoms with E-state index in [9.17, 15) is 0 Å². The molecule has 1 aliphatic rings. The van der Waals surface area contributed by atoms with Crippen molar-refractivity contribution in [3.05, 3.63) is 30.1 Å². The highest BCUT2D eigenvalue weighted by Gasteiger charge is 2.17. The smallest absolute Gasteiger partial charge is 0.0543 e. The molecule has 0 aromatic carbocycles. The van der Waals surface area contributed by atoms with Crippen LogP contribution in [0.4, 0.5) is 0 Å². The summed E-state index contributed by atoms with van der Waals surface area (Å²) in [7, 11) is 2.05. The van der Waals surface area contributed by atoms with Crippen LogP contribution in [-0.2, 0) is 6.54 Å². The van der Waals surface area contributed by atoms with E-state index in [2.05, 4.69) is 34.4 Å². The van der Waals surface area contributed by atoms with Gasteiger partial charge in [0.1, 0.15) is 0 Å². The van der Waals surface area contributed by atoms with Crippen molar-refractivity contribution in [1.29, 1.82) is 0 Å². The lowest BCUT2D eigenvalue weighted by atomic mass is 10.1. The van der Waals surface area contributed by atoms with Gasteiger partial charge in [-0.2, -0.15) is 0 Å². The van der Waals surface area contributed by atoms with Gasteiger partial charge in [-0.3, -0.25) is 9.88 Å². The highest BCUT2D eigenvalue weighted by Crippen LogP contribution is 2.12. The molecule has 0 saturated carbocycles. The van der Waals surface area contributed by atoms with Crippen LogP contribution in [0.25, 0.3) is 0 Å². The van der Waals surface area contributed by atoms with E-state index in [-0.39, 0.29) is 0 Å². The molecule has 0 atom stereocenters. The van der Waals surface area contributed by atoms with Gasteiger partial charge in [-0.1, -0.05) is 19.9 Å². The van der Waals surface area contributed by atoms with E-state index >= 15 is 0 Å². The summed E-state index contributed by atoms with van der Waals surface area (Å²) in [4.78, 5) is 6.84. The van der Waals surface area contributed by atoms with Gasteiger partial charge in [-0.05, 0) is 32.0 Å². The largest absolute Gasteiger partial charge is 0.317 e. The zero-order valence-corrected chi connectivity index (χ0v) is 11.3. The van der Waals surface area contributed by atoms with Crippen LogP contribution in [0.2, 0.25) is 0 Å². The lowest BCUT2D eigenvalue weighted by molar-refractivity contribution is 0.192. The van der Waals surface area contributed by atoms with Crippen molar-refractivity contribution >= 4 is 0 Å². The maximum Gasteiger partial charge on any atom is 0.0543 e. The molecule has 3 heteroatoms. The van der Waals surface area contributed by atoms with Gasteiger partial charge in [0.2, 0.25) is 0 Å². The second kappa shape index (κ2) is 8.20. The third kappa shape index (κ3) is 4.84. The lowest BCUT2D eigenvalue weighted by Crippen LogP contribution is -2.40. The zero-order valence-electron chi connectivity index (χ0n) is 11.3. The Morgan fingerprint density at radius 3 is 2.53 bits per heavy atom. The first kappa shape index (κ1) is 14.1. The SMILES string of the molecule is CC.CNC1CCN(Cc2ccccn2)CC1. The summed E-state index contributed by atoms with van der Waals surface area (Å²) in [6, 6.07) is 6.84. The Balaban J connectivity index is 0.000000686. The summed E-state index contributed by atoms with van der Waals surface area (Å²) < 4.78 is 0. The van der Waals surface area contributed by atoms with Gasteiger partial charge in [0.25, 0.3) is 0 Å². The van der Waals surface area contributed by atoms with Crippen LogP contribution in [0.15, 0.2) is 24.4 Å². The van der Waals surface area contributed by atoms with Gasteiger partial charge in [0, 0.05) is 31.9 Å². The monoisotopic (exact) mass is 235 g/mol. The molecular weight excluding hydrogens is 210 g/mol. The van der Waals surface area contributed by atoms with Crippen molar-refractivity contribution in [3.63, 3.8) is 0 Å². The Labute approximate surface area is 105 Å². The van der Waals surface area contributed by atoms with Crippen LogP contribution in [0.5, 0.6) is 0 Å². The first-order valence-corrected chi connectivity index (χ1v) is 6.68. The highest BCUT2D eigenvalue weighted by molar-refractivity contribution is 5.03. The van der Waals surface area contributed by atoms with Crippen molar-refractivity contribution in [2.45, 2.75) is 39.3 Å². The van der Waals surface area contributed by atoms with Crippen LogP contribution in [-0.4, -0.2) is 36.1 Å². The molecule has 0 bridgehead atoms. The number of nitrogens with zero attached hydrogens (tertiary/aromatic N) is 2. The number of nitrogens with one attached hydrogen (secondary N) is 1. The molecule has 2 heterocycles. The molecule has 1 N–H and O–H groups in total. The van der Waals surface area contributed by atoms with Crippen molar-refractivity contribution in [2.24, 2.45) is 0 Å². The fraction of sp³-hybridized carbons (Fsp3) is 0.643. The molecule has 0 aliphatic carbocycles. The van der Waals surface area contributed by atoms with Crippen molar-refractivity contribution in [2.75, 3.05) is 20.1 Å². The maximum atomic E-state index is 4.35. The van der Waals surface area contributed by atoms with E-state index in [1.165, 1.54) is 31.6 Å². The molecule has 0 amide bonds. The molecule has 0 unspecified atom stereocenters. The molecule has 1 fully saturated rings. The van der Waals surface area contributed by atoms with Crippen LogP contribution < -0.4 is 5.32 Å². The summed E-state index contributed by atoms with van der Waals surface area (Å²) in [5, 5.41) is 3.35. The summed E-state index contributed by atoms with van der Waals surface area (Å²) >= 11 is 0. The van der Waals surface area contributed by atoms with E-state index in [0.29, 0.717) is 6.04 Å². The predicted molar refractivity (Wildman–Crippen MR) is 72.9 cm³/mol. The van der Waals surface area contributed by atoms with Gasteiger partial charge >= 0.3 is 0 Å². The highest BCUT2D eigenvalue weighted by atomic mass is 15.1.